The van der Waals surface area contributed by atoms with Crippen LogP contribution >= 0.6 is 11.3 Å². The van der Waals surface area contributed by atoms with Crippen molar-refractivity contribution >= 4 is 11.3 Å². The second-order valence-electron chi connectivity index (χ2n) is 2.82. The first kappa shape index (κ1) is 9.29. The third-order valence-corrected chi connectivity index (χ3v) is 2.77. The molecule has 6 heteroatoms. The molecule has 0 radical (unpaired) electrons. The molecule has 2 rings (SSSR count). The molecule has 0 aliphatic heterocycles. The number of hydrogen-bond donors (Lipinski definition) is 1. The van der Waals surface area contributed by atoms with Gasteiger partial charge in [0.05, 0.1) is 10.7 Å². The van der Waals surface area contributed by atoms with E-state index in [-0.39, 0.29) is 6.61 Å². The molecule has 2 aromatic heterocycles. The number of rotatable bonds is 2. The maximum absolute atomic E-state index is 8.78. The van der Waals surface area contributed by atoms with Crippen LogP contribution in [0.15, 0.2) is 4.52 Å². The molecule has 0 aliphatic rings. The monoisotopic (exact) mass is 211 g/mol. The number of aliphatic hydroxyl groups is 1. The molecule has 74 valence electrons. The van der Waals surface area contributed by atoms with Gasteiger partial charge in [-0.25, -0.2) is 4.98 Å². The normalized spacial score (nSPS) is 10.8. The van der Waals surface area contributed by atoms with Gasteiger partial charge < -0.3 is 9.63 Å². The number of hydrogen-bond acceptors (Lipinski definition) is 6. The molecule has 1 N–H and O–H groups in total. The SMILES string of the molecule is Cc1nc(C)c(-c2nc(CO)no2)s1. The summed E-state index contributed by atoms with van der Waals surface area (Å²) < 4.78 is 4.99. The van der Waals surface area contributed by atoms with Gasteiger partial charge in [-0.05, 0) is 13.8 Å². The van der Waals surface area contributed by atoms with E-state index >= 15 is 0 Å². The van der Waals surface area contributed by atoms with Gasteiger partial charge in [0.15, 0.2) is 5.82 Å². The van der Waals surface area contributed by atoms with Gasteiger partial charge in [-0.15, -0.1) is 11.3 Å². The van der Waals surface area contributed by atoms with Crippen molar-refractivity contribution < 1.29 is 9.63 Å². The van der Waals surface area contributed by atoms with Crippen molar-refractivity contribution in [3.05, 3.63) is 16.5 Å². The Morgan fingerprint density at radius 2 is 2.14 bits per heavy atom. The number of aromatic nitrogens is 3. The van der Waals surface area contributed by atoms with Crippen LogP contribution in [0.1, 0.15) is 16.5 Å². The second-order valence-corrected chi connectivity index (χ2v) is 4.02. The van der Waals surface area contributed by atoms with Gasteiger partial charge in [0.25, 0.3) is 5.89 Å². The van der Waals surface area contributed by atoms with Crippen molar-refractivity contribution in [2.24, 2.45) is 0 Å². The first-order valence-electron chi connectivity index (χ1n) is 4.08. The summed E-state index contributed by atoms with van der Waals surface area (Å²) in [6.07, 6.45) is 0. The van der Waals surface area contributed by atoms with E-state index in [1.165, 1.54) is 11.3 Å². The quantitative estimate of drug-likeness (QED) is 0.810. The molecule has 0 amide bonds. The molecule has 0 saturated carbocycles. The smallest absolute Gasteiger partial charge is 0.270 e. The molecule has 0 unspecified atom stereocenters. The van der Waals surface area contributed by atoms with E-state index in [1.807, 2.05) is 13.8 Å². The number of nitrogens with zero attached hydrogens (tertiary/aromatic N) is 3. The van der Waals surface area contributed by atoms with E-state index < -0.39 is 0 Å². The first-order chi connectivity index (χ1) is 6.70. The van der Waals surface area contributed by atoms with E-state index in [0.29, 0.717) is 11.7 Å². The highest BCUT2D eigenvalue weighted by Gasteiger charge is 2.14. The van der Waals surface area contributed by atoms with Crippen LogP contribution < -0.4 is 0 Å². The first-order valence-corrected chi connectivity index (χ1v) is 4.90. The zero-order chi connectivity index (χ0) is 10.1. The summed E-state index contributed by atoms with van der Waals surface area (Å²) in [5.74, 6) is 0.725. The highest BCUT2D eigenvalue weighted by Crippen LogP contribution is 2.27. The van der Waals surface area contributed by atoms with E-state index in [1.54, 1.807) is 0 Å². The Hall–Kier alpha value is -1.27. The average molecular weight is 211 g/mol. The van der Waals surface area contributed by atoms with Crippen molar-refractivity contribution in [3.8, 4) is 10.8 Å². The molecular formula is C8H9N3O2S. The summed E-state index contributed by atoms with van der Waals surface area (Å²) in [6.45, 7) is 3.60. The zero-order valence-corrected chi connectivity index (χ0v) is 8.63. The van der Waals surface area contributed by atoms with E-state index in [2.05, 4.69) is 15.1 Å². The minimum absolute atomic E-state index is 0.208. The van der Waals surface area contributed by atoms with Crippen LogP contribution in [-0.4, -0.2) is 20.2 Å². The predicted molar refractivity (Wildman–Crippen MR) is 50.8 cm³/mol. The minimum atomic E-state index is -0.208. The minimum Gasteiger partial charge on any atom is -0.388 e. The molecule has 14 heavy (non-hydrogen) atoms. The lowest BCUT2D eigenvalue weighted by Gasteiger charge is -1.86. The number of aliphatic hydroxyl groups excluding tert-OH is 1. The third-order valence-electron chi connectivity index (χ3n) is 1.71. The molecule has 0 bridgehead atoms. The fourth-order valence-electron chi connectivity index (χ4n) is 1.14. The molecule has 0 saturated heterocycles. The molecule has 0 aromatic carbocycles. The van der Waals surface area contributed by atoms with Crippen LogP contribution in [0, 0.1) is 13.8 Å². The summed E-state index contributed by atoms with van der Waals surface area (Å²) in [5.41, 5.74) is 0.876. The second kappa shape index (κ2) is 3.47. The summed E-state index contributed by atoms with van der Waals surface area (Å²) in [6, 6.07) is 0. The Bertz CT molecular complexity index is 449. The van der Waals surface area contributed by atoms with Gasteiger partial charge in [0.2, 0.25) is 0 Å². The summed E-state index contributed by atoms with van der Waals surface area (Å²) in [4.78, 5) is 9.14. The molecule has 0 atom stereocenters. The maximum atomic E-state index is 8.78. The van der Waals surface area contributed by atoms with Gasteiger partial charge in [0, 0.05) is 0 Å². The Morgan fingerprint density at radius 1 is 1.36 bits per heavy atom. The Kier molecular flexibility index (Phi) is 2.30. The van der Waals surface area contributed by atoms with E-state index in [9.17, 15) is 0 Å². The van der Waals surface area contributed by atoms with Crippen LogP contribution in [0.25, 0.3) is 10.8 Å². The van der Waals surface area contributed by atoms with Crippen molar-refractivity contribution in [1.82, 2.24) is 15.1 Å². The lowest BCUT2D eigenvalue weighted by Crippen LogP contribution is -1.84. The molecule has 2 heterocycles. The molecule has 0 fully saturated rings. The largest absolute Gasteiger partial charge is 0.388 e. The lowest BCUT2D eigenvalue weighted by atomic mass is 10.4. The van der Waals surface area contributed by atoms with E-state index in [0.717, 1.165) is 15.6 Å². The highest BCUT2D eigenvalue weighted by atomic mass is 32.1. The van der Waals surface area contributed by atoms with Gasteiger partial charge in [-0.1, -0.05) is 5.16 Å². The highest BCUT2D eigenvalue weighted by molar-refractivity contribution is 7.15. The summed E-state index contributed by atoms with van der Waals surface area (Å²) >= 11 is 1.50. The van der Waals surface area contributed by atoms with Crippen LogP contribution in [0.4, 0.5) is 0 Å². The van der Waals surface area contributed by atoms with Crippen molar-refractivity contribution in [2.75, 3.05) is 0 Å². The van der Waals surface area contributed by atoms with Crippen molar-refractivity contribution in [2.45, 2.75) is 20.5 Å². The predicted octanol–water partition coefficient (Wildman–Crippen LogP) is 1.30. The van der Waals surface area contributed by atoms with Crippen LogP contribution in [0.2, 0.25) is 0 Å². The summed E-state index contributed by atoms with van der Waals surface area (Å²) in [7, 11) is 0. The van der Waals surface area contributed by atoms with Gasteiger partial charge in [-0.2, -0.15) is 4.98 Å². The van der Waals surface area contributed by atoms with Gasteiger partial charge in [0.1, 0.15) is 11.5 Å². The Labute approximate surface area is 84.4 Å². The molecule has 2 aromatic rings. The van der Waals surface area contributed by atoms with Crippen molar-refractivity contribution in [1.29, 1.82) is 0 Å². The Morgan fingerprint density at radius 3 is 2.64 bits per heavy atom. The number of thiazole rings is 1. The van der Waals surface area contributed by atoms with E-state index in [4.69, 9.17) is 9.63 Å². The fourth-order valence-corrected chi connectivity index (χ4v) is 1.98. The lowest BCUT2D eigenvalue weighted by molar-refractivity contribution is 0.264. The average Bonchev–Trinajstić information content (AvgIpc) is 2.71. The zero-order valence-electron chi connectivity index (χ0n) is 7.81. The number of aryl methyl sites for hydroxylation is 2. The van der Waals surface area contributed by atoms with Crippen LogP contribution in [0.3, 0.4) is 0 Å². The van der Waals surface area contributed by atoms with Gasteiger partial charge in [-0.3, -0.25) is 0 Å². The fraction of sp³-hybridized carbons (Fsp3) is 0.375. The molecule has 0 aliphatic carbocycles. The Balaban J connectivity index is 2.43. The molecule has 0 spiro atoms. The van der Waals surface area contributed by atoms with Crippen LogP contribution in [0.5, 0.6) is 0 Å². The molecule has 5 nitrogen and oxygen atoms in total. The topological polar surface area (TPSA) is 72.0 Å². The third kappa shape index (κ3) is 1.53. The summed E-state index contributed by atoms with van der Waals surface area (Å²) in [5, 5.41) is 13.3. The molecular weight excluding hydrogens is 202 g/mol. The van der Waals surface area contributed by atoms with Gasteiger partial charge >= 0.3 is 0 Å². The van der Waals surface area contributed by atoms with Crippen molar-refractivity contribution in [3.63, 3.8) is 0 Å². The standard InChI is InChI=1S/C8H9N3O2S/c1-4-7(14-5(2)9-4)8-10-6(3-12)11-13-8/h12H,3H2,1-2H3. The maximum Gasteiger partial charge on any atom is 0.270 e. The van der Waals surface area contributed by atoms with Crippen LogP contribution in [-0.2, 0) is 6.61 Å².